The summed E-state index contributed by atoms with van der Waals surface area (Å²) in [5.74, 6) is -0.0317. The van der Waals surface area contributed by atoms with E-state index in [1.165, 1.54) is 0 Å². The van der Waals surface area contributed by atoms with Gasteiger partial charge in [-0.15, -0.1) is 0 Å². The highest BCUT2D eigenvalue weighted by molar-refractivity contribution is 5.97. The van der Waals surface area contributed by atoms with Gasteiger partial charge in [-0.25, -0.2) is 0 Å². The van der Waals surface area contributed by atoms with E-state index in [1.807, 2.05) is 0 Å². The Kier molecular flexibility index (Phi) is 4.79. The quantitative estimate of drug-likeness (QED) is 0.784. The second kappa shape index (κ2) is 7.24. The Morgan fingerprint density at radius 1 is 1.30 bits per heavy atom. The normalized spacial score (nSPS) is 25.3. The number of carbonyl (C=O) groups excluding carboxylic acids is 2. The highest BCUT2D eigenvalue weighted by atomic mass is 16.5. The largest absolute Gasteiger partial charge is 0.375 e. The Labute approximate surface area is 157 Å². The minimum Gasteiger partial charge on any atom is -0.375 e. The highest BCUT2D eigenvalue weighted by Crippen LogP contribution is 2.25. The number of rotatable bonds is 4. The Hall–Kier alpha value is -2.52. The van der Waals surface area contributed by atoms with Crippen LogP contribution in [0.2, 0.25) is 0 Å². The number of ether oxygens (including phenoxy) is 1. The van der Waals surface area contributed by atoms with Gasteiger partial charge in [0.15, 0.2) is 0 Å². The van der Waals surface area contributed by atoms with Crippen molar-refractivity contribution in [2.75, 3.05) is 33.8 Å². The van der Waals surface area contributed by atoms with Gasteiger partial charge in [0, 0.05) is 44.8 Å². The molecule has 3 atom stereocenters. The molecule has 0 unspecified atom stereocenters. The predicted octanol–water partition coefficient (Wildman–Crippen LogP) is 0.00770. The number of aromatic amines is 1. The molecule has 144 valence electrons. The third kappa shape index (κ3) is 3.79. The highest BCUT2D eigenvalue weighted by Gasteiger charge is 2.38. The molecule has 2 fully saturated rings. The topological polar surface area (TPSA) is 103 Å². The summed E-state index contributed by atoms with van der Waals surface area (Å²) in [6, 6.07) is 5.64. The lowest BCUT2D eigenvalue weighted by molar-refractivity contribution is -0.134. The molecule has 2 aromatic rings. The molecule has 2 saturated heterocycles. The van der Waals surface area contributed by atoms with E-state index in [9.17, 15) is 9.59 Å². The van der Waals surface area contributed by atoms with Gasteiger partial charge in [0.1, 0.15) is 11.0 Å². The lowest BCUT2D eigenvalue weighted by Crippen LogP contribution is -2.47. The fraction of sp³-hybridized carbons (Fsp3) is 0.556. The predicted molar refractivity (Wildman–Crippen MR) is 98.2 cm³/mol. The summed E-state index contributed by atoms with van der Waals surface area (Å²) in [7, 11) is 3.51. The minimum absolute atomic E-state index is 0.0717. The van der Waals surface area contributed by atoms with E-state index < -0.39 is 0 Å². The number of benzene rings is 1. The number of aromatic nitrogens is 3. The first-order chi connectivity index (χ1) is 13.0. The minimum atomic E-state index is -0.106. The summed E-state index contributed by atoms with van der Waals surface area (Å²) in [6.45, 7) is 2.10. The summed E-state index contributed by atoms with van der Waals surface area (Å²) in [5, 5.41) is 13.7. The number of fused-ring (bicyclic) bond motifs is 2. The van der Waals surface area contributed by atoms with E-state index in [2.05, 4.69) is 25.6 Å². The van der Waals surface area contributed by atoms with Crippen LogP contribution < -0.4 is 5.32 Å². The summed E-state index contributed by atoms with van der Waals surface area (Å²) >= 11 is 0. The van der Waals surface area contributed by atoms with Crippen molar-refractivity contribution in [2.45, 2.75) is 31.0 Å². The lowest BCUT2D eigenvalue weighted by atomic mass is 10.1. The van der Waals surface area contributed by atoms with Crippen molar-refractivity contribution in [3.63, 3.8) is 0 Å². The van der Waals surface area contributed by atoms with Gasteiger partial charge in [-0.3, -0.25) is 14.5 Å². The van der Waals surface area contributed by atoms with Crippen molar-refractivity contribution in [1.29, 1.82) is 0 Å². The maximum absolute atomic E-state index is 12.6. The second-order valence-electron chi connectivity index (χ2n) is 7.49. The zero-order valence-corrected chi connectivity index (χ0v) is 15.5. The zero-order valence-electron chi connectivity index (χ0n) is 15.5. The molecule has 0 spiro atoms. The Bertz CT molecular complexity index is 850. The standard InChI is InChI=1S/C18H24N6O3/c1-23(2)17(25)7-14-9-24-8-12(6-13(24)10-27-14)19-18(26)11-3-4-15-16(5-11)21-22-20-15/h3-5,12-14H,6-10H2,1-2H3,(H,19,26)(H,20,21,22)/t12-,13-,14-/m0/s1. The Balaban J connectivity index is 1.34. The maximum atomic E-state index is 12.6. The van der Waals surface area contributed by atoms with Crippen LogP contribution in [0.1, 0.15) is 23.2 Å². The van der Waals surface area contributed by atoms with Crippen LogP contribution >= 0.6 is 0 Å². The van der Waals surface area contributed by atoms with Crippen LogP contribution in [0.5, 0.6) is 0 Å². The van der Waals surface area contributed by atoms with Crippen LogP contribution in [0, 0.1) is 0 Å². The monoisotopic (exact) mass is 372 g/mol. The molecule has 9 heteroatoms. The number of nitrogens with one attached hydrogen (secondary N) is 2. The summed E-state index contributed by atoms with van der Waals surface area (Å²) in [5.41, 5.74) is 1.99. The molecule has 2 aliphatic heterocycles. The zero-order chi connectivity index (χ0) is 19.0. The summed E-state index contributed by atoms with van der Waals surface area (Å²) in [6.07, 6.45) is 1.16. The van der Waals surface area contributed by atoms with Crippen LogP contribution in [-0.4, -0.2) is 89.0 Å². The number of hydrogen-bond acceptors (Lipinski definition) is 6. The second-order valence-corrected chi connectivity index (χ2v) is 7.49. The molecule has 0 bridgehead atoms. The molecule has 1 aromatic carbocycles. The van der Waals surface area contributed by atoms with E-state index in [0.717, 1.165) is 25.0 Å². The van der Waals surface area contributed by atoms with E-state index in [-0.39, 0.29) is 24.0 Å². The van der Waals surface area contributed by atoms with Crippen molar-refractivity contribution in [2.24, 2.45) is 0 Å². The smallest absolute Gasteiger partial charge is 0.251 e. The number of amides is 2. The van der Waals surface area contributed by atoms with E-state index >= 15 is 0 Å². The van der Waals surface area contributed by atoms with Gasteiger partial charge in [-0.05, 0) is 24.6 Å². The van der Waals surface area contributed by atoms with Crippen LogP contribution in [0.15, 0.2) is 18.2 Å². The third-order valence-corrected chi connectivity index (χ3v) is 5.31. The first-order valence-corrected chi connectivity index (χ1v) is 9.17. The number of hydrogen-bond donors (Lipinski definition) is 2. The lowest BCUT2D eigenvalue weighted by Gasteiger charge is -2.35. The van der Waals surface area contributed by atoms with Gasteiger partial charge in [0.05, 0.1) is 19.1 Å². The van der Waals surface area contributed by atoms with E-state index in [1.54, 1.807) is 37.2 Å². The first kappa shape index (κ1) is 17.9. The average Bonchev–Trinajstić information content (AvgIpc) is 3.26. The molecule has 2 N–H and O–H groups in total. The fourth-order valence-corrected chi connectivity index (χ4v) is 3.80. The van der Waals surface area contributed by atoms with Gasteiger partial charge in [0.2, 0.25) is 5.91 Å². The third-order valence-electron chi connectivity index (χ3n) is 5.31. The van der Waals surface area contributed by atoms with Gasteiger partial charge >= 0.3 is 0 Å². The number of H-pyrrole nitrogens is 1. The molecule has 4 rings (SSSR count). The molecular weight excluding hydrogens is 348 g/mol. The average molecular weight is 372 g/mol. The molecular formula is C18H24N6O3. The van der Waals surface area contributed by atoms with Crippen molar-refractivity contribution in [3.05, 3.63) is 23.8 Å². The van der Waals surface area contributed by atoms with Crippen LogP contribution in [0.4, 0.5) is 0 Å². The Morgan fingerprint density at radius 3 is 2.93 bits per heavy atom. The van der Waals surface area contributed by atoms with E-state index in [0.29, 0.717) is 30.1 Å². The van der Waals surface area contributed by atoms with Gasteiger partial charge in [0.25, 0.3) is 5.91 Å². The molecule has 2 aliphatic rings. The van der Waals surface area contributed by atoms with Crippen LogP contribution in [0.3, 0.4) is 0 Å². The SMILES string of the molecule is CN(C)C(=O)C[C@H]1CN2C[C@@H](NC(=O)c3ccc4n[nH]nc4c3)C[C@H]2CO1. The van der Waals surface area contributed by atoms with E-state index in [4.69, 9.17) is 4.74 Å². The molecule has 0 radical (unpaired) electrons. The molecule has 0 saturated carbocycles. The molecule has 2 amide bonds. The summed E-state index contributed by atoms with van der Waals surface area (Å²) < 4.78 is 5.87. The molecule has 3 heterocycles. The summed E-state index contributed by atoms with van der Waals surface area (Å²) in [4.78, 5) is 28.4. The van der Waals surface area contributed by atoms with Crippen molar-refractivity contribution >= 4 is 22.8 Å². The number of morpholine rings is 1. The van der Waals surface area contributed by atoms with Crippen molar-refractivity contribution in [1.82, 2.24) is 30.5 Å². The first-order valence-electron chi connectivity index (χ1n) is 9.17. The number of nitrogens with zero attached hydrogens (tertiary/aromatic N) is 4. The molecule has 0 aliphatic carbocycles. The molecule has 9 nitrogen and oxygen atoms in total. The van der Waals surface area contributed by atoms with Crippen LogP contribution in [0.25, 0.3) is 11.0 Å². The Morgan fingerprint density at radius 2 is 2.11 bits per heavy atom. The van der Waals surface area contributed by atoms with Gasteiger partial charge in [-0.2, -0.15) is 15.4 Å². The molecule has 1 aromatic heterocycles. The van der Waals surface area contributed by atoms with Crippen molar-refractivity contribution < 1.29 is 14.3 Å². The van der Waals surface area contributed by atoms with Gasteiger partial charge < -0.3 is 15.0 Å². The fourth-order valence-electron chi connectivity index (χ4n) is 3.80. The van der Waals surface area contributed by atoms with Crippen LogP contribution in [-0.2, 0) is 9.53 Å². The number of carbonyl (C=O) groups is 2. The molecule has 27 heavy (non-hydrogen) atoms. The maximum Gasteiger partial charge on any atom is 0.251 e. The van der Waals surface area contributed by atoms with Crippen molar-refractivity contribution in [3.8, 4) is 0 Å². The van der Waals surface area contributed by atoms with Gasteiger partial charge in [-0.1, -0.05) is 0 Å².